The van der Waals surface area contributed by atoms with Crippen LogP contribution >= 0.6 is 0 Å². The molecule has 0 saturated heterocycles. The molecule has 2 aliphatic rings. The van der Waals surface area contributed by atoms with Gasteiger partial charge >= 0.3 is 12.1 Å². The Morgan fingerprint density at radius 3 is 2.14 bits per heavy atom. The van der Waals surface area contributed by atoms with Gasteiger partial charge in [-0.05, 0) is 41.0 Å². The fourth-order valence-electron chi connectivity index (χ4n) is 4.89. The van der Waals surface area contributed by atoms with Crippen molar-refractivity contribution < 1.29 is 29.0 Å². The Kier molecular flexibility index (Phi) is 8.02. The van der Waals surface area contributed by atoms with Crippen LogP contribution in [0.5, 0.6) is 0 Å². The molecule has 4 rings (SSSR count). The van der Waals surface area contributed by atoms with Crippen molar-refractivity contribution in [3.05, 3.63) is 59.7 Å². The van der Waals surface area contributed by atoms with Gasteiger partial charge in [0.05, 0.1) is 18.4 Å². The standard InChI is InChI=1S/C27H32N2O6/c1-34-18(13-25(30)28-15-23(26(31)32)17-7-6-8-17)14-29-27(33)35-16-24-21-11-4-2-9-19(21)20-10-3-5-12-22(20)24/h2-5,9-12,17-18,23-24H,6-8,13-16H2,1H3,(H,28,30)(H,29,33)(H,31,32). The summed E-state index contributed by atoms with van der Waals surface area (Å²) in [7, 11) is 1.46. The van der Waals surface area contributed by atoms with Crippen LogP contribution in [0.4, 0.5) is 4.79 Å². The quantitative estimate of drug-likeness (QED) is 0.453. The molecule has 35 heavy (non-hydrogen) atoms. The highest BCUT2D eigenvalue weighted by atomic mass is 16.5. The van der Waals surface area contributed by atoms with Gasteiger partial charge in [-0.1, -0.05) is 55.0 Å². The topological polar surface area (TPSA) is 114 Å². The van der Waals surface area contributed by atoms with Gasteiger partial charge in [-0.3, -0.25) is 9.59 Å². The number of aliphatic carboxylic acids is 1. The lowest BCUT2D eigenvalue weighted by Crippen LogP contribution is -2.41. The number of alkyl carbamates (subject to hydrolysis) is 1. The maximum atomic E-state index is 12.4. The highest BCUT2D eigenvalue weighted by molar-refractivity contribution is 5.79. The van der Waals surface area contributed by atoms with Gasteiger partial charge in [-0.2, -0.15) is 0 Å². The number of carbonyl (C=O) groups excluding carboxylic acids is 2. The number of carboxylic acids is 1. The summed E-state index contributed by atoms with van der Waals surface area (Å²) in [5.74, 6) is -1.66. The van der Waals surface area contributed by atoms with Crippen molar-refractivity contribution in [2.45, 2.75) is 37.7 Å². The van der Waals surface area contributed by atoms with Crippen molar-refractivity contribution in [2.75, 3.05) is 26.8 Å². The zero-order valence-corrected chi connectivity index (χ0v) is 19.9. The van der Waals surface area contributed by atoms with Crippen LogP contribution in [0.25, 0.3) is 11.1 Å². The first-order valence-electron chi connectivity index (χ1n) is 12.1. The van der Waals surface area contributed by atoms with Gasteiger partial charge < -0.3 is 25.2 Å². The summed E-state index contributed by atoms with van der Waals surface area (Å²) in [6.07, 6.45) is 1.69. The van der Waals surface area contributed by atoms with Gasteiger partial charge in [0, 0.05) is 26.1 Å². The van der Waals surface area contributed by atoms with E-state index >= 15 is 0 Å². The molecule has 2 atom stereocenters. The van der Waals surface area contributed by atoms with E-state index < -0.39 is 24.1 Å². The van der Waals surface area contributed by atoms with Crippen molar-refractivity contribution in [3.8, 4) is 11.1 Å². The van der Waals surface area contributed by atoms with Crippen LogP contribution in [0.2, 0.25) is 0 Å². The minimum atomic E-state index is -0.879. The largest absolute Gasteiger partial charge is 0.481 e. The summed E-state index contributed by atoms with van der Waals surface area (Å²) in [6.45, 7) is 0.413. The molecule has 8 heteroatoms. The van der Waals surface area contributed by atoms with Crippen LogP contribution in [0.3, 0.4) is 0 Å². The number of carbonyl (C=O) groups is 3. The normalized spacial score (nSPS) is 16.4. The Morgan fingerprint density at radius 2 is 1.60 bits per heavy atom. The van der Waals surface area contributed by atoms with E-state index in [9.17, 15) is 19.5 Å². The molecular formula is C27H32N2O6. The number of hydrogen-bond acceptors (Lipinski definition) is 5. The van der Waals surface area contributed by atoms with E-state index in [2.05, 4.69) is 34.9 Å². The van der Waals surface area contributed by atoms with Crippen molar-refractivity contribution >= 4 is 18.0 Å². The summed E-state index contributed by atoms with van der Waals surface area (Å²) in [6, 6.07) is 16.2. The summed E-state index contributed by atoms with van der Waals surface area (Å²) in [5, 5.41) is 14.8. The fourth-order valence-corrected chi connectivity index (χ4v) is 4.89. The molecule has 0 heterocycles. The van der Waals surface area contributed by atoms with Crippen molar-refractivity contribution in [1.29, 1.82) is 0 Å². The lowest BCUT2D eigenvalue weighted by molar-refractivity contribution is -0.144. The minimum Gasteiger partial charge on any atom is -0.481 e. The molecule has 2 unspecified atom stereocenters. The van der Waals surface area contributed by atoms with Gasteiger partial charge in [-0.15, -0.1) is 0 Å². The van der Waals surface area contributed by atoms with E-state index in [1.165, 1.54) is 7.11 Å². The molecule has 0 aromatic heterocycles. The van der Waals surface area contributed by atoms with E-state index in [4.69, 9.17) is 9.47 Å². The molecule has 0 aliphatic heterocycles. The number of methoxy groups -OCH3 is 1. The second-order valence-corrected chi connectivity index (χ2v) is 9.21. The molecule has 2 aromatic rings. The molecular weight excluding hydrogens is 448 g/mol. The maximum absolute atomic E-state index is 12.4. The monoisotopic (exact) mass is 480 g/mol. The number of rotatable bonds is 11. The fraction of sp³-hybridized carbons (Fsp3) is 0.444. The van der Waals surface area contributed by atoms with Crippen LogP contribution in [0.15, 0.2) is 48.5 Å². The Labute approximate surface area is 205 Å². The van der Waals surface area contributed by atoms with Gasteiger partial charge in [0.2, 0.25) is 5.91 Å². The van der Waals surface area contributed by atoms with Crippen LogP contribution in [0, 0.1) is 11.8 Å². The van der Waals surface area contributed by atoms with E-state index in [0.29, 0.717) is 0 Å². The molecule has 8 nitrogen and oxygen atoms in total. The number of benzene rings is 2. The molecule has 3 N–H and O–H groups in total. The van der Waals surface area contributed by atoms with E-state index in [1.807, 2.05) is 24.3 Å². The van der Waals surface area contributed by atoms with Crippen LogP contribution < -0.4 is 10.6 Å². The first kappa shape index (κ1) is 24.7. The minimum absolute atomic E-state index is 0.0111. The Bertz CT molecular complexity index is 1020. The average Bonchev–Trinajstić information content (AvgIpc) is 3.15. The highest BCUT2D eigenvalue weighted by Crippen LogP contribution is 2.44. The molecule has 2 aliphatic carbocycles. The van der Waals surface area contributed by atoms with E-state index in [1.54, 1.807) is 0 Å². The molecule has 2 aromatic carbocycles. The van der Waals surface area contributed by atoms with Gasteiger partial charge in [-0.25, -0.2) is 4.79 Å². The number of hydrogen-bond donors (Lipinski definition) is 3. The van der Waals surface area contributed by atoms with Crippen LogP contribution in [0.1, 0.15) is 42.7 Å². The van der Waals surface area contributed by atoms with Gasteiger partial charge in [0.15, 0.2) is 0 Å². The second kappa shape index (κ2) is 11.4. The Morgan fingerprint density at radius 1 is 0.971 bits per heavy atom. The first-order valence-corrected chi connectivity index (χ1v) is 12.1. The summed E-state index contributed by atoms with van der Waals surface area (Å²) >= 11 is 0. The van der Waals surface area contributed by atoms with Crippen LogP contribution in [-0.2, 0) is 19.1 Å². The first-order chi connectivity index (χ1) is 17.0. The SMILES string of the molecule is COC(CNC(=O)OCC1c2ccccc2-c2ccccc21)CC(=O)NCC(C(=O)O)C1CCC1. The molecule has 0 spiro atoms. The smallest absolute Gasteiger partial charge is 0.407 e. The third-order valence-electron chi connectivity index (χ3n) is 7.12. The third-order valence-corrected chi connectivity index (χ3v) is 7.12. The second-order valence-electron chi connectivity index (χ2n) is 9.21. The number of amides is 2. The zero-order chi connectivity index (χ0) is 24.8. The Hall–Kier alpha value is -3.39. The van der Waals surface area contributed by atoms with Crippen molar-refractivity contribution in [3.63, 3.8) is 0 Å². The zero-order valence-electron chi connectivity index (χ0n) is 19.9. The number of fused-ring (bicyclic) bond motifs is 3. The number of nitrogens with one attached hydrogen (secondary N) is 2. The molecule has 0 radical (unpaired) electrons. The molecule has 1 saturated carbocycles. The predicted molar refractivity (Wildman–Crippen MR) is 130 cm³/mol. The summed E-state index contributed by atoms with van der Waals surface area (Å²) < 4.78 is 10.8. The van der Waals surface area contributed by atoms with Crippen LogP contribution in [-0.4, -0.2) is 56.0 Å². The van der Waals surface area contributed by atoms with Gasteiger partial charge in [0.1, 0.15) is 6.61 Å². The molecule has 1 fully saturated rings. The highest BCUT2D eigenvalue weighted by Gasteiger charge is 2.33. The maximum Gasteiger partial charge on any atom is 0.407 e. The molecule has 186 valence electrons. The van der Waals surface area contributed by atoms with Crippen molar-refractivity contribution in [1.82, 2.24) is 10.6 Å². The summed E-state index contributed by atoms with van der Waals surface area (Å²) in [4.78, 5) is 36.2. The van der Waals surface area contributed by atoms with Crippen molar-refractivity contribution in [2.24, 2.45) is 11.8 Å². The predicted octanol–water partition coefficient (Wildman–Crippen LogP) is 3.55. The molecule has 2 amide bonds. The summed E-state index contributed by atoms with van der Waals surface area (Å²) in [5.41, 5.74) is 4.58. The van der Waals surface area contributed by atoms with Gasteiger partial charge in [0.25, 0.3) is 0 Å². The number of carboxylic acid groups (broad SMARTS) is 1. The average molecular weight is 481 g/mol. The lowest BCUT2D eigenvalue weighted by Gasteiger charge is -2.31. The molecule has 0 bridgehead atoms. The third kappa shape index (κ3) is 5.82. The number of ether oxygens (including phenoxy) is 2. The van der Waals surface area contributed by atoms with E-state index in [0.717, 1.165) is 41.5 Å². The lowest BCUT2D eigenvalue weighted by atomic mass is 9.76. The van der Waals surface area contributed by atoms with E-state index in [-0.39, 0.29) is 43.9 Å². The Balaban J connectivity index is 1.23.